The highest BCUT2D eigenvalue weighted by Crippen LogP contribution is 2.36. The number of pyridine rings is 1. The lowest BCUT2D eigenvalue weighted by Crippen LogP contribution is -2.53. The molecule has 0 spiro atoms. The molecule has 2 fully saturated rings. The average molecular weight is 523 g/mol. The monoisotopic (exact) mass is 522 g/mol. The molecule has 0 bridgehead atoms. The molecule has 6 rings (SSSR count). The Morgan fingerprint density at radius 3 is 2.63 bits per heavy atom. The molecule has 38 heavy (non-hydrogen) atoms. The Labute approximate surface area is 218 Å². The van der Waals surface area contributed by atoms with Crippen LogP contribution >= 0.6 is 0 Å². The summed E-state index contributed by atoms with van der Waals surface area (Å²) in [6, 6.07) is 12.1. The molecule has 2 aliphatic rings. The van der Waals surface area contributed by atoms with Crippen molar-refractivity contribution in [2.45, 2.75) is 25.6 Å². The lowest BCUT2D eigenvalue weighted by Gasteiger charge is -2.40. The Morgan fingerprint density at radius 2 is 1.84 bits per heavy atom. The first kappa shape index (κ1) is 24.7. The summed E-state index contributed by atoms with van der Waals surface area (Å²) >= 11 is 0. The summed E-state index contributed by atoms with van der Waals surface area (Å²) < 4.78 is 38.6. The number of nitrogens with zero attached hydrogens (tertiary/aromatic N) is 6. The third kappa shape index (κ3) is 5.08. The van der Waals surface area contributed by atoms with Gasteiger partial charge in [0.05, 0.1) is 22.6 Å². The molecule has 1 unspecified atom stereocenters. The van der Waals surface area contributed by atoms with Crippen molar-refractivity contribution in [3.8, 4) is 11.3 Å². The van der Waals surface area contributed by atoms with Crippen molar-refractivity contribution in [2.24, 2.45) is 5.92 Å². The topological polar surface area (TPSA) is 85.9 Å². The van der Waals surface area contributed by atoms with Crippen LogP contribution < -0.4 is 10.2 Å². The van der Waals surface area contributed by atoms with Crippen molar-refractivity contribution in [3.05, 3.63) is 66.0 Å². The van der Waals surface area contributed by atoms with Crippen LogP contribution in [0.25, 0.3) is 22.3 Å². The lowest BCUT2D eigenvalue weighted by molar-refractivity contribution is -0.180. The van der Waals surface area contributed by atoms with Crippen molar-refractivity contribution >= 4 is 16.9 Å². The van der Waals surface area contributed by atoms with Crippen LogP contribution in [0, 0.1) is 5.92 Å². The molecule has 0 aliphatic carbocycles. The van der Waals surface area contributed by atoms with Gasteiger partial charge in [-0.3, -0.25) is 9.88 Å². The normalized spacial score (nSPS) is 18.1. The summed E-state index contributed by atoms with van der Waals surface area (Å²) in [7, 11) is 0. The third-order valence-electron chi connectivity index (χ3n) is 7.52. The molecule has 0 amide bonds. The second-order valence-corrected chi connectivity index (χ2v) is 10.0. The van der Waals surface area contributed by atoms with Crippen molar-refractivity contribution < 1.29 is 13.2 Å². The number of alkyl halides is 3. The van der Waals surface area contributed by atoms with Gasteiger partial charge in [-0.2, -0.15) is 13.2 Å². The first-order valence-corrected chi connectivity index (χ1v) is 12.9. The molecule has 198 valence electrons. The van der Waals surface area contributed by atoms with E-state index in [4.69, 9.17) is 4.98 Å². The highest BCUT2D eigenvalue weighted by molar-refractivity contribution is 5.81. The number of rotatable bonds is 6. The van der Waals surface area contributed by atoms with Gasteiger partial charge in [-0.25, -0.2) is 15.0 Å². The van der Waals surface area contributed by atoms with Crippen LogP contribution in [0.5, 0.6) is 0 Å². The van der Waals surface area contributed by atoms with E-state index in [1.54, 1.807) is 11.0 Å². The molecule has 1 aromatic carbocycles. The smallest absolute Gasteiger partial charge is 0.355 e. The predicted molar refractivity (Wildman–Crippen MR) is 139 cm³/mol. The zero-order valence-electron chi connectivity index (χ0n) is 21.0. The highest BCUT2D eigenvalue weighted by Gasteiger charge is 2.47. The number of aromatic amines is 1. The number of anilines is 1. The lowest BCUT2D eigenvalue weighted by atomic mass is 9.99. The number of aromatic nitrogens is 5. The molecule has 2 saturated heterocycles. The molecular formula is C27H29F3N8. The number of H-pyrrole nitrogens is 1. The van der Waals surface area contributed by atoms with Gasteiger partial charge in [-0.05, 0) is 36.8 Å². The van der Waals surface area contributed by atoms with E-state index in [-0.39, 0.29) is 13.1 Å². The fourth-order valence-corrected chi connectivity index (χ4v) is 5.16. The van der Waals surface area contributed by atoms with E-state index in [0.29, 0.717) is 24.0 Å². The van der Waals surface area contributed by atoms with E-state index >= 15 is 0 Å². The minimum Gasteiger partial charge on any atom is -0.355 e. The maximum Gasteiger partial charge on any atom is 0.395 e. The number of imidazole rings is 1. The van der Waals surface area contributed by atoms with Gasteiger partial charge in [0.1, 0.15) is 18.0 Å². The minimum absolute atomic E-state index is 0.0772. The first-order chi connectivity index (χ1) is 18.3. The fourth-order valence-electron chi connectivity index (χ4n) is 5.16. The number of benzene rings is 1. The van der Waals surface area contributed by atoms with Gasteiger partial charge < -0.3 is 15.2 Å². The van der Waals surface area contributed by atoms with E-state index in [2.05, 4.69) is 49.2 Å². The Morgan fingerprint density at radius 1 is 1.03 bits per heavy atom. The number of fused-ring (bicyclic) bond motifs is 1. The molecular weight excluding hydrogens is 493 g/mol. The summed E-state index contributed by atoms with van der Waals surface area (Å²) in [5.41, 5.74) is 5.40. The van der Waals surface area contributed by atoms with Crippen LogP contribution in [-0.4, -0.2) is 75.3 Å². The molecule has 2 N–H and O–H groups in total. The van der Waals surface area contributed by atoms with E-state index in [1.165, 1.54) is 11.9 Å². The number of hydrogen-bond donors (Lipinski definition) is 2. The molecule has 0 radical (unpaired) electrons. The number of hydrogen-bond acceptors (Lipinski definition) is 7. The molecule has 4 aromatic rings. The number of halogens is 3. The maximum absolute atomic E-state index is 12.9. The summed E-state index contributed by atoms with van der Waals surface area (Å²) in [5, 5.41) is 3.40. The molecule has 2 aliphatic heterocycles. The van der Waals surface area contributed by atoms with E-state index in [1.807, 2.05) is 24.4 Å². The number of piperazine rings is 1. The van der Waals surface area contributed by atoms with Crippen LogP contribution in [0.4, 0.5) is 19.0 Å². The van der Waals surface area contributed by atoms with Crippen molar-refractivity contribution in [2.75, 3.05) is 44.2 Å². The Balaban J connectivity index is 1.17. The van der Waals surface area contributed by atoms with Gasteiger partial charge in [-0.1, -0.05) is 6.07 Å². The molecule has 8 nitrogen and oxygen atoms in total. The minimum atomic E-state index is -4.17. The summed E-state index contributed by atoms with van der Waals surface area (Å²) in [6.07, 6.45) is -0.324. The highest BCUT2D eigenvalue weighted by atomic mass is 19.4. The van der Waals surface area contributed by atoms with Crippen LogP contribution in [0.2, 0.25) is 0 Å². The largest absolute Gasteiger partial charge is 0.395 e. The average Bonchev–Trinajstić information content (AvgIpc) is 3.29. The molecule has 11 heteroatoms. The zero-order valence-corrected chi connectivity index (χ0v) is 21.0. The zero-order chi connectivity index (χ0) is 26.3. The first-order valence-electron chi connectivity index (χ1n) is 12.9. The van der Waals surface area contributed by atoms with Gasteiger partial charge in [0, 0.05) is 75.3 Å². The second kappa shape index (κ2) is 9.95. The van der Waals surface area contributed by atoms with Crippen LogP contribution in [0.1, 0.15) is 30.0 Å². The van der Waals surface area contributed by atoms with E-state index < -0.39 is 12.1 Å². The van der Waals surface area contributed by atoms with Gasteiger partial charge in [0.15, 0.2) is 0 Å². The SMILES string of the molecule is CC(c1ccnc(Cc2nc3ccc(-c4cc(N5CC(C(F)(F)F)C5)ncn4)cc3[nH]2)c1)N1CCNCC1. The van der Waals surface area contributed by atoms with Crippen molar-refractivity contribution in [1.82, 2.24) is 35.1 Å². The maximum atomic E-state index is 12.9. The molecule has 0 saturated carbocycles. The van der Waals surface area contributed by atoms with E-state index in [9.17, 15) is 13.2 Å². The molecule has 1 atom stereocenters. The standard InChI is InChI=1S/C27H29F3N8/c1-17(37-8-6-31-7-9-37)18-4-5-32-21(10-18)12-25-35-22-3-2-19(11-24(22)36-25)23-13-26(34-16-33-23)38-14-20(15-38)27(28,29)30/h2-5,10-11,13,16-17,20,31H,6-9,12,14-15H2,1H3,(H,35,36). The van der Waals surface area contributed by atoms with Gasteiger partial charge in [0.2, 0.25) is 0 Å². The van der Waals surface area contributed by atoms with Crippen LogP contribution in [0.15, 0.2) is 48.9 Å². The Bertz CT molecular complexity index is 1420. The number of nitrogens with one attached hydrogen (secondary N) is 2. The van der Waals surface area contributed by atoms with Gasteiger partial charge in [-0.15, -0.1) is 0 Å². The van der Waals surface area contributed by atoms with Crippen LogP contribution in [0.3, 0.4) is 0 Å². The summed E-state index contributed by atoms with van der Waals surface area (Å²) in [4.78, 5) is 25.4. The van der Waals surface area contributed by atoms with Crippen molar-refractivity contribution in [1.29, 1.82) is 0 Å². The van der Waals surface area contributed by atoms with Gasteiger partial charge >= 0.3 is 6.18 Å². The third-order valence-corrected chi connectivity index (χ3v) is 7.52. The summed E-state index contributed by atoms with van der Waals surface area (Å²) in [6.45, 7) is 6.17. The Kier molecular flexibility index (Phi) is 6.48. The quantitative estimate of drug-likeness (QED) is 0.396. The molecule has 5 heterocycles. The van der Waals surface area contributed by atoms with Crippen molar-refractivity contribution in [3.63, 3.8) is 0 Å². The summed E-state index contributed by atoms with van der Waals surface area (Å²) in [5.74, 6) is 0.0156. The molecule has 3 aromatic heterocycles. The van der Waals surface area contributed by atoms with Gasteiger partial charge in [0.25, 0.3) is 0 Å². The fraction of sp³-hybridized carbons (Fsp3) is 0.407. The second-order valence-electron chi connectivity index (χ2n) is 10.0. The predicted octanol–water partition coefficient (Wildman–Crippen LogP) is 3.97. The Hall–Kier alpha value is -3.57. The van der Waals surface area contributed by atoms with E-state index in [0.717, 1.165) is 54.3 Å². The van der Waals surface area contributed by atoms with Crippen LogP contribution in [-0.2, 0) is 6.42 Å².